The van der Waals surface area contributed by atoms with E-state index in [9.17, 15) is 4.79 Å². The normalized spacial score (nSPS) is 19.5. The molecule has 2 atom stereocenters. The summed E-state index contributed by atoms with van der Waals surface area (Å²) in [5, 5.41) is 3.43. The molecule has 0 aliphatic carbocycles. The maximum absolute atomic E-state index is 12.5. The number of rotatable bonds is 9. The molecule has 2 aliphatic rings. The van der Waals surface area contributed by atoms with E-state index in [1.54, 1.807) is 0 Å². The number of unbranched alkanes of at least 4 members (excludes halogenated alkanes) is 2. The van der Waals surface area contributed by atoms with Crippen molar-refractivity contribution in [1.82, 2.24) is 9.88 Å². The molecule has 0 bridgehead atoms. The predicted octanol–water partition coefficient (Wildman–Crippen LogP) is 4.78. The molecule has 1 unspecified atom stereocenters. The number of nitrogens with zero attached hydrogens (tertiary/aromatic N) is 2. The fourth-order valence-corrected chi connectivity index (χ4v) is 5.00. The van der Waals surface area contributed by atoms with Gasteiger partial charge in [0.05, 0.1) is 7.11 Å². The maximum atomic E-state index is 12.5. The van der Waals surface area contributed by atoms with Gasteiger partial charge in [-0.1, -0.05) is 49.2 Å². The number of hydrogen-bond acceptors (Lipinski definition) is 5. The summed E-state index contributed by atoms with van der Waals surface area (Å²) in [4.78, 5) is 19.6. The number of aryl methyl sites for hydroxylation is 2. The van der Waals surface area contributed by atoms with Crippen molar-refractivity contribution in [2.75, 3.05) is 32.1 Å². The number of methoxy groups -OCH3 is 1. The molecule has 5 nitrogen and oxygen atoms in total. The SMILES string of the molecule is COC(=O)C(c1ccccc1)N1CC[C@@H](CCCCCc2ccc3c(n2)NCCC3)C1. The van der Waals surface area contributed by atoms with Gasteiger partial charge in [0.2, 0.25) is 0 Å². The van der Waals surface area contributed by atoms with E-state index in [4.69, 9.17) is 9.72 Å². The maximum Gasteiger partial charge on any atom is 0.327 e. The number of benzene rings is 1. The van der Waals surface area contributed by atoms with Crippen LogP contribution in [0.15, 0.2) is 42.5 Å². The van der Waals surface area contributed by atoms with Crippen molar-refractivity contribution in [3.8, 4) is 0 Å². The number of aromatic nitrogens is 1. The molecule has 0 saturated carbocycles. The van der Waals surface area contributed by atoms with Crippen molar-refractivity contribution in [3.63, 3.8) is 0 Å². The number of pyridine rings is 1. The highest BCUT2D eigenvalue weighted by molar-refractivity contribution is 5.77. The topological polar surface area (TPSA) is 54.5 Å². The number of fused-ring (bicyclic) bond motifs is 1. The number of esters is 1. The third-order valence-electron chi connectivity index (χ3n) is 6.72. The lowest BCUT2D eigenvalue weighted by Crippen LogP contribution is -2.33. The van der Waals surface area contributed by atoms with E-state index in [-0.39, 0.29) is 12.0 Å². The van der Waals surface area contributed by atoms with Crippen molar-refractivity contribution in [2.24, 2.45) is 5.92 Å². The first kappa shape index (κ1) is 21.8. The number of carbonyl (C=O) groups is 1. The molecular weight excluding hydrogens is 386 g/mol. The molecule has 1 N–H and O–H groups in total. The number of carbonyl (C=O) groups excluding carboxylic acids is 1. The molecule has 0 amide bonds. The van der Waals surface area contributed by atoms with Crippen LogP contribution in [0.5, 0.6) is 0 Å². The second kappa shape index (κ2) is 10.8. The fraction of sp³-hybridized carbons (Fsp3) is 0.538. The van der Waals surface area contributed by atoms with Crippen LogP contribution in [0.25, 0.3) is 0 Å². The van der Waals surface area contributed by atoms with Crippen LogP contribution in [0.4, 0.5) is 5.82 Å². The van der Waals surface area contributed by atoms with Crippen molar-refractivity contribution in [3.05, 3.63) is 59.3 Å². The van der Waals surface area contributed by atoms with Gasteiger partial charge in [-0.2, -0.15) is 0 Å². The van der Waals surface area contributed by atoms with Crippen LogP contribution >= 0.6 is 0 Å². The van der Waals surface area contributed by atoms with E-state index in [1.165, 1.54) is 56.9 Å². The highest BCUT2D eigenvalue weighted by Crippen LogP contribution is 2.31. The van der Waals surface area contributed by atoms with E-state index in [2.05, 4.69) is 22.3 Å². The van der Waals surface area contributed by atoms with Gasteiger partial charge in [-0.15, -0.1) is 0 Å². The lowest BCUT2D eigenvalue weighted by molar-refractivity contribution is -0.147. The van der Waals surface area contributed by atoms with Crippen molar-refractivity contribution >= 4 is 11.8 Å². The van der Waals surface area contributed by atoms with E-state index in [0.717, 1.165) is 43.9 Å². The molecule has 31 heavy (non-hydrogen) atoms. The lowest BCUT2D eigenvalue weighted by atomic mass is 9.99. The van der Waals surface area contributed by atoms with E-state index in [1.807, 2.05) is 30.3 Å². The molecule has 1 saturated heterocycles. The zero-order valence-corrected chi connectivity index (χ0v) is 18.7. The van der Waals surface area contributed by atoms with Gasteiger partial charge >= 0.3 is 5.97 Å². The Bertz CT molecular complexity index is 855. The van der Waals surface area contributed by atoms with E-state index in [0.29, 0.717) is 5.92 Å². The second-order valence-electron chi connectivity index (χ2n) is 8.93. The minimum Gasteiger partial charge on any atom is -0.468 e. The number of likely N-dealkylation sites (tertiary alicyclic amines) is 1. The summed E-state index contributed by atoms with van der Waals surface area (Å²) in [6, 6.07) is 14.2. The highest BCUT2D eigenvalue weighted by atomic mass is 16.5. The molecule has 0 spiro atoms. The Hall–Kier alpha value is -2.40. The molecule has 2 aliphatic heterocycles. The van der Waals surface area contributed by atoms with Gasteiger partial charge in [-0.25, -0.2) is 9.78 Å². The molecule has 166 valence electrons. The zero-order valence-electron chi connectivity index (χ0n) is 18.7. The summed E-state index contributed by atoms with van der Waals surface area (Å²) in [6.07, 6.45) is 9.49. The van der Waals surface area contributed by atoms with Gasteiger partial charge in [0, 0.05) is 18.8 Å². The first-order chi connectivity index (χ1) is 15.2. The van der Waals surface area contributed by atoms with Crippen molar-refractivity contribution in [1.29, 1.82) is 0 Å². The Labute approximate surface area is 186 Å². The Morgan fingerprint density at radius 2 is 2.06 bits per heavy atom. The van der Waals surface area contributed by atoms with Crippen LogP contribution in [-0.2, 0) is 22.4 Å². The van der Waals surface area contributed by atoms with Crippen molar-refractivity contribution in [2.45, 2.75) is 57.4 Å². The van der Waals surface area contributed by atoms with Gasteiger partial charge in [-0.3, -0.25) is 4.90 Å². The zero-order chi connectivity index (χ0) is 21.5. The smallest absolute Gasteiger partial charge is 0.327 e. The van der Waals surface area contributed by atoms with Gasteiger partial charge in [-0.05, 0) is 68.2 Å². The van der Waals surface area contributed by atoms with Crippen LogP contribution in [0.3, 0.4) is 0 Å². The predicted molar refractivity (Wildman–Crippen MR) is 124 cm³/mol. The minimum atomic E-state index is -0.278. The van der Waals surface area contributed by atoms with Crippen LogP contribution in [0.1, 0.15) is 61.4 Å². The third kappa shape index (κ3) is 5.65. The second-order valence-corrected chi connectivity index (χ2v) is 8.93. The largest absolute Gasteiger partial charge is 0.468 e. The molecule has 1 aromatic carbocycles. The van der Waals surface area contributed by atoms with Gasteiger partial charge in [0.15, 0.2) is 0 Å². The summed E-state index contributed by atoms with van der Waals surface area (Å²) in [5.74, 6) is 1.62. The van der Waals surface area contributed by atoms with Crippen LogP contribution in [0, 0.1) is 5.92 Å². The van der Waals surface area contributed by atoms with Gasteiger partial charge in [0.1, 0.15) is 11.9 Å². The molecule has 3 heterocycles. The fourth-order valence-electron chi connectivity index (χ4n) is 5.00. The molecule has 1 fully saturated rings. The summed E-state index contributed by atoms with van der Waals surface area (Å²) in [7, 11) is 1.49. The highest BCUT2D eigenvalue weighted by Gasteiger charge is 2.33. The van der Waals surface area contributed by atoms with Crippen LogP contribution in [0.2, 0.25) is 0 Å². The third-order valence-corrected chi connectivity index (χ3v) is 6.72. The summed E-state index contributed by atoms with van der Waals surface area (Å²) >= 11 is 0. The lowest BCUT2D eigenvalue weighted by Gasteiger charge is -2.26. The number of anilines is 1. The van der Waals surface area contributed by atoms with Crippen molar-refractivity contribution < 1.29 is 9.53 Å². The van der Waals surface area contributed by atoms with E-state index < -0.39 is 0 Å². The molecule has 1 aromatic heterocycles. The Kier molecular flexibility index (Phi) is 7.57. The van der Waals surface area contributed by atoms with E-state index >= 15 is 0 Å². The number of ether oxygens (including phenoxy) is 1. The minimum absolute atomic E-state index is 0.154. The van der Waals surface area contributed by atoms with Gasteiger partial charge < -0.3 is 10.1 Å². The summed E-state index contributed by atoms with van der Waals surface area (Å²) < 4.78 is 5.11. The Balaban J connectivity index is 1.20. The van der Waals surface area contributed by atoms with Crippen LogP contribution < -0.4 is 5.32 Å². The number of nitrogens with one attached hydrogen (secondary N) is 1. The standard InChI is InChI=1S/C26H35N3O2/c1-31-26(30)24(21-10-5-3-6-11-21)29-18-16-20(19-29)9-4-2-7-13-23-15-14-22-12-8-17-27-25(22)28-23/h3,5-6,10-11,14-15,20,24H,2,4,7-9,12-13,16-19H2,1H3,(H,27,28)/t20-,24?/m1/s1. The molecule has 5 heteroatoms. The average molecular weight is 422 g/mol. The first-order valence-electron chi connectivity index (χ1n) is 11.8. The number of hydrogen-bond donors (Lipinski definition) is 1. The molecule has 4 rings (SSSR count). The average Bonchev–Trinajstić information content (AvgIpc) is 3.27. The molecule has 0 radical (unpaired) electrons. The summed E-state index contributed by atoms with van der Waals surface area (Å²) in [6.45, 7) is 2.99. The first-order valence-corrected chi connectivity index (χ1v) is 11.8. The quantitative estimate of drug-likeness (QED) is 0.466. The Morgan fingerprint density at radius 1 is 1.19 bits per heavy atom. The monoisotopic (exact) mass is 421 g/mol. The molecule has 2 aromatic rings. The molecular formula is C26H35N3O2. The van der Waals surface area contributed by atoms with Gasteiger partial charge in [0.25, 0.3) is 0 Å². The van der Waals surface area contributed by atoms with Crippen LogP contribution in [-0.4, -0.2) is 42.6 Å². The Morgan fingerprint density at radius 3 is 2.90 bits per heavy atom. The summed E-state index contributed by atoms with van der Waals surface area (Å²) in [5.41, 5.74) is 3.60.